The van der Waals surface area contributed by atoms with E-state index in [0.717, 1.165) is 5.56 Å². The highest BCUT2D eigenvalue weighted by molar-refractivity contribution is 7.93. The van der Waals surface area contributed by atoms with Crippen LogP contribution in [0, 0.1) is 5.92 Å². The highest BCUT2D eigenvalue weighted by atomic mass is 32.2. The summed E-state index contributed by atoms with van der Waals surface area (Å²) in [4.78, 5) is 26.7. The van der Waals surface area contributed by atoms with Crippen molar-refractivity contribution < 1.29 is 54.9 Å². The van der Waals surface area contributed by atoms with E-state index >= 15 is 16.8 Å². The number of amides is 2. The van der Waals surface area contributed by atoms with Gasteiger partial charge in [-0.3, -0.25) is 0 Å². The molecule has 20 nitrogen and oxygen atoms in total. The van der Waals surface area contributed by atoms with Crippen molar-refractivity contribution in [2.75, 3.05) is 58.2 Å². The highest BCUT2D eigenvalue weighted by Gasteiger charge is 2.43. The van der Waals surface area contributed by atoms with Crippen molar-refractivity contribution in [2.45, 2.75) is 114 Å². The molecule has 0 saturated carbocycles. The Balaban J connectivity index is 1.58. The second kappa shape index (κ2) is 24.2. The number of carbonyl (C=O) groups excluding carboxylic acids is 1. The van der Waals surface area contributed by atoms with Gasteiger partial charge in [0.2, 0.25) is 15.8 Å². The Morgan fingerprint density at radius 3 is 1.77 bits per heavy atom. The van der Waals surface area contributed by atoms with E-state index < -0.39 is 79.2 Å². The first kappa shape index (κ1) is 58.0. The van der Waals surface area contributed by atoms with Crippen LogP contribution < -0.4 is 29.7 Å². The summed E-state index contributed by atoms with van der Waals surface area (Å²) in [7, 11) is -7.89. The molecule has 1 fully saturated rings. The van der Waals surface area contributed by atoms with Gasteiger partial charge < -0.3 is 44.0 Å². The van der Waals surface area contributed by atoms with Gasteiger partial charge in [-0.25, -0.2) is 26.4 Å². The molecule has 4 aromatic carbocycles. The number of benzene rings is 4. The molecule has 1 aliphatic rings. The average molecular weight is 1090 g/mol. The number of rotatable bonds is 22. The van der Waals surface area contributed by atoms with Gasteiger partial charge in [0.05, 0.1) is 50.2 Å². The van der Waals surface area contributed by atoms with Crippen molar-refractivity contribution in [3.8, 4) is 28.6 Å². The van der Waals surface area contributed by atoms with Crippen molar-refractivity contribution in [2.24, 2.45) is 5.92 Å². The van der Waals surface area contributed by atoms with E-state index in [1.54, 1.807) is 94.6 Å². The van der Waals surface area contributed by atoms with Crippen molar-refractivity contribution in [3.05, 3.63) is 102 Å². The number of alkyl carbamates (subject to hydrolysis) is 1. The van der Waals surface area contributed by atoms with Gasteiger partial charge in [-0.05, 0) is 128 Å². The van der Waals surface area contributed by atoms with Crippen LogP contribution in [0.2, 0.25) is 18.1 Å². The van der Waals surface area contributed by atoms with Gasteiger partial charge >= 0.3 is 12.2 Å². The minimum absolute atomic E-state index is 0.0327. The zero-order valence-corrected chi connectivity index (χ0v) is 47.4. The van der Waals surface area contributed by atoms with E-state index in [0.29, 0.717) is 66.5 Å². The second-order valence-electron chi connectivity index (χ2n) is 21.0. The summed E-state index contributed by atoms with van der Waals surface area (Å²) in [5.41, 5.74) is 1.48. The summed E-state index contributed by atoms with van der Waals surface area (Å²) < 4.78 is 93.2. The first-order chi connectivity index (χ1) is 35.2. The van der Waals surface area contributed by atoms with Crippen LogP contribution in [0.3, 0.4) is 0 Å². The predicted molar refractivity (Wildman–Crippen MR) is 287 cm³/mol. The molecule has 0 radical (unpaired) electrons. The Kier molecular flexibility index (Phi) is 18.7. The third kappa shape index (κ3) is 15.4. The number of carboxylic acid groups (broad SMARTS) is 1. The molecular weight excluding hydrogens is 1020 g/mol. The lowest BCUT2D eigenvalue weighted by atomic mass is 9.95. The molecule has 0 aliphatic carbocycles. The molecule has 1 atom stereocenters. The largest absolute Gasteiger partial charge is 0.497 e. The molecule has 0 bridgehead atoms. The van der Waals surface area contributed by atoms with E-state index in [1.165, 1.54) is 29.4 Å². The van der Waals surface area contributed by atoms with Crippen LogP contribution in [0.25, 0.3) is 11.4 Å². The van der Waals surface area contributed by atoms with Gasteiger partial charge in [-0.2, -0.15) is 9.10 Å². The average Bonchev–Trinajstić information content (AvgIpc) is 3.82. The van der Waals surface area contributed by atoms with Crippen LogP contribution in [0.1, 0.15) is 71.1 Å². The maximum Gasteiger partial charge on any atom is 0.407 e. The fraction of sp³-hybridized carbons (Fsp3) is 0.481. The quantitative estimate of drug-likeness (QED) is 0.0556. The number of carbonyl (C=O) groups is 2. The minimum Gasteiger partial charge on any atom is -0.497 e. The summed E-state index contributed by atoms with van der Waals surface area (Å²) in [5.74, 6) is 0.825. The number of hydrogen-bond acceptors (Lipinski definition) is 15. The minimum atomic E-state index is -4.97. The molecule has 1 unspecified atom stereocenters. The number of hydrogen-bond donors (Lipinski definition) is 3. The molecule has 0 spiro atoms. The van der Waals surface area contributed by atoms with Crippen molar-refractivity contribution in [3.63, 3.8) is 0 Å². The number of nitrogens with one attached hydrogen (secondary N) is 2. The molecular formula is C52H72N8O12S2Si. The van der Waals surface area contributed by atoms with Gasteiger partial charge in [0.25, 0.3) is 0 Å². The Labute approximate surface area is 442 Å². The third-order valence-electron chi connectivity index (χ3n) is 13.3. The second-order valence-corrected chi connectivity index (χ2v) is 29.7. The molecule has 23 heteroatoms. The van der Waals surface area contributed by atoms with Crippen LogP contribution in [0.15, 0.2) is 94.7 Å². The van der Waals surface area contributed by atoms with Gasteiger partial charge in [0.15, 0.2) is 18.2 Å². The van der Waals surface area contributed by atoms with Gasteiger partial charge in [-0.15, -0.1) is 10.2 Å². The Hall–Kier alpha value is -6.27. The van der Waals surface area contributed by atoms with Crippen LogP contribution >= 0.6 is 0 Å². The number of aromatic nitrogens is 4. The molecule has 6 rings (SSSR count). The molecule has 2 heterocycles. The van der Waals surface area contributed by atoms with Crippen molar-refractivity contribution >= 4 is 46.1 Å². The van der Waals surface area contributed by atoms with E-state index in [1.807, 2.05) is 50.9 Å². The summed E-state index contributed by atoms with van der Waals surface area (Å²) >= 11 is 0. The lowest BCUT2D eigenvalue weighted by Gasteiger charge is -2.39. The van der Waals surface area contributed by atoms with Crippen molar-refractivity contribution in [1.82, 2.24) is 35.1 Å². The monoisotopic (exact) mass is 1090 g/mol. The van der Waals surface area contributed by atoms with E-state index in [9.17, 15) is 14.7 Å². The molecule has 2 amide bonds. The number of nitrogens with zero attached hydrogens (tertiary/aromatic N) is 6. The molecule has 1 saturated heterocycles. The summed E-state index contributed by atoms with van der Waals surface area (Å²) in [6, 6.07) is 23.9. The van der Waals surface area contributed by atoms with Crippen LogP contribution in [0.4, 0.5) is 15.3 Å². The van der Waals surface area contributed by atoms with Crippen LogP contribution in [0.5, 0.6) is 17.2 Å². The maximum atomic E-state index is 16.3. The standard InChI is InChI=1S/C52H72N8O12S2Si/c1-51(2,3)71-50(63)54-30-36-26-28-58(29-27-36)44-24-25-45(73(64,65)35-43(31-53-49(61)62)72-75(10,11)52(4,5)6)47(46(44)48-55-57-60(56-48)34-39-16-22-42(70-9)23-17-39)74(66,67)59(32-37-12-18-40(68-7)19-13-37)33-38-14-20-41(69-8)21-15-38/h12-25,36,43,53H,26-35H2,1-11H3,(H,54,63)(H,61,62). The lowest BCUT2D eigenvalue weighted by Crippen LogP contribution is -2.49. The highest BCUT2D eigenvalue weighted by Crippen LogP contribution is 2.43. The first-order valence-corrected chi connectivity index (χ1v) is 30.6. The number of piperidine rings is 1. The Morgan fingerprint density at radius 2 is 1.29 bits per heavy atom. The van der Waals surface area contributed by atoms with Gasteiger partial charge in [0, 0.05) is 45.0 Å². The lowest BCUT2D eigenvalue weighted by molar-refractivity contribution is 0.0516. The molecule has 5 aromatic rings. The van der Waals surface area contributed by atoms with Gasteiger partial charge in [-0.1, -0.05) is 57.2 Å². The molecule has 3 N–H and O–H groups in total. The SMILES string of the molecule is COc1ccc(CN(Cc2ccc(OC)cc2)S(=O)(=O)c2c(S(=O)(=O)CC(CNC(=O)O)O[Si](C)(C)C(C)(C)C)ccc(N3CCC(CNC(=O)OC(C)(C)C)CC3)c2-c2nnn(Cc3ccc(OC)cc3)n2)cc1. The molecule has 75 heavy (non-hydrogen) atoms. The smallest absolute Gasteiger partial charge is 0.407 e. The van der Waals surface area contributed by atoms with Crippen molar-refractivity contribution in [1.29, 1.82) is 0 Å². The molecule has 408 valence electrons. The van der Waals surface area contributed by atoms with E-state index in [4.69, 9.17) is 28.5 Å². The fourth-order valence-electron chi connectivity index (χ4n) is 8.25. The fourth-order valence-corrected chi connectivity index (χ4v) is 13.6. The number of sulfone groups is 1. The first-order valence-electron chi connectivity index (χ1n) is 24.6. The number of methoxy groups -OCH3 is 3. The predicted octanol–water partition coefficient (Wildman–Crippen LogP) is 7.98. The molecule has 1 aliphatic heterocycles. The van der Waals surface area contributed by atoms with Crippen LogP contribution in [-0.4, -0.2) is 132 Å². The summed E-state index contributed by atoms with van der Waals surface area (Å²) in [6.45, 7) is 15.5. The normalized spacial score (nSPS) is 14.3. The topological polar surface area (TPSA) is 243 Å². The Morgan fingerprint density at radius 1 is 0.773 bits per heavy atom. The summed E-state index contributed by atoms with van der Waals surface area (Å²) in [5, 5.41) is 28.2. The van der Waals surface area contributed by atoms with Gasteiger partial charge in [0.1, 0.15) is 27.7 Å². The zero-order chi connectivity index (χ0) is 54.9. The molecule has 1 aromatic heterocycles. The maximum absolute atomic E-state index is 16.3. The summed E-state index contributed by atoms with van der Waals surface area (Å²) in [6.07, 6.45) is -2.01. The number of sulfonamides is 1. The number of ether oxygens (including phenoxy) is 4. The zero-order valence-electron chi connectivity index (χ0n) is 44.7. The third-order valence-corrected chi connectivity index (χ3v) is 21.6. The Bertz CT molecular complexity index is 2910. The van der Waals surface area contributed by atoms with Crippen LogP contribution in [-0.2, 0) is 48.7 Å². The van der Waals surface area contributed by atoms with E-state index in [2.05, 4.69) is 20.9 Å². The number of tetrazole rings is 1. The number of anilines is 1. The van der Waals surface area contributed by atoms with E-state index in [-0.39, 0.29) is 36.9 Å².